The third kappa shape index (κ3) is 4.63. The quantitative estimate of drug-likeness (QED) is 0.649. The molecule has 0 spiro atoms. The molecule has 0 fully saturated rings. The van der Waals surface area contributed by atoms with Crippen LogP contribution in [0.3, 0.4) is 0 Å². The van der Waals surface area contributed by atoms with E-state index in [4.69, 9.17) is 0 Å². The molecule has 0 bridgehead atoms. The van der Waals surface area contributed by atoms with Crippen LogP contribution in [-0.4, -0.2) is 32.6 Å². The predicted octanol–water partition coefficient (Wildman–Crippen LogP) is 3.98. The van der Waals surface area contributed by atoms with E-state index in [1.807, 2.05) is 6.08 Å². The Hall–Kier alpha value is -0.863. The normalized spacial score (nSPS) is 11.8. The highest BCUT2D eigenvalue weighted by Crippen LogP contribution is 2.16. The van der Waals surface area contributed by atoms with Gasteiger partial charge in [0.25, 0.3) is 0 Å². The van der Waals surface area contributed by atoms with Gasteiger partial charge in [0.1, 0.15) is 0 Å². The summed E-state index contributed by atoms with van der Waals surface area (Å²) in [6, 6.07) is 10.1. The van der Waals surface area contributed by atoms with Gasteiger partial charge in [0.15, 0.2) is 0 Å². The van der Waals surface area contributed by atoms with Crippen LogP contribution >= 0.6 is 0 Å². The Balaban J connectivity index is 2.67. The van der Waals surface area contributed by atoms with Crippen LogP contribution < -0.4 is 5.19 Å². The van der Waals surface area contributed by atoms with Gasteiger partial charge in [-0.15, -0.1) is 0 Å². The molecule has 0 unspecified atom stereocenters. The van der Waals surface area contributed by atoms with Crippen molar-refractivity contribution in [3.05, 3.63) is 36.4 Å². The molecule has 1 aromatic carbocycles. The number of nitrogens with zero attached hydrogens (tertiary/aromatic N) is 1. The minimum Gasteiger partial charge on any atom is -0.304 e. The molecule has 0 heterocycles. The molecule has 0 aromatic heterocycles. The molecule has 1 aromatic rings. The zero-order chi connectivity index (χ0) is 14.3. The number of benzene rings is 1. The van der Waals surface area contributed by atoms with E-state index in [0.717, 1.165) is 0 Å². The van der Waals surface area contributed by atoms with Gasteiger partial charge in [0.2, 0.25) is 0 Å². The van der Waals surface area contributed by atoms with Crippen LogP contribution in [0, 0.1) is 0 Å². The fourth-order valence-electron chi connectivity index (χ4n) is 2.71. The van der Waals surface area contributed by atoms with Crippen LogP contribution in [-0.2, 0) is 0 Å². The van der Waals surface area contributed by atoms with Crippen molar-refractivity contribution in [1.29, 1.82) is 0 Å². The summed E-state index contributed by atoms with van der Waals surface area (Å²) in [4.78, 5) is 2.52. The Morgan fingerprint density at radius 1 is 1.16 bits per heavy atom. The van der Waals surface area contributed by atoms with E-state index in [0.29, 0.717) is 0 Å². The van der Waals surface area contributed by atoms with E-state index in [9.17, 15) is 0 Å². The van der Waals surface area contributed by atoms with Crippen molar-refractivity contribution in [3.8, 4) is 0 Å². The summed E-state index contributed by atoms with van der Waals surface area (Å²) in [5.41, 5.74) is 1.34. The van der Waals surface area contributed by atoms with Gasteiger partial charge >= 0.3 is 0 Å². The van der Waals surface area contributed by atoms with Crippen molar-refractivity contribution < 1.29 is 0 Å². The Bertz CT molecular complexity index is 394. The molecule has 1 nitrogen and oxygen atoms in total. The second kappa shape index (κ2) is 7.66. The second-order valence-corrected chi connectivity index (χ2v) is 10.6. The van der Waals surface area contributed by atoms with Crippen molar-refractivity contribution in [1.82, 2.24) is 4.90 Å². The van der Waals surface area contributed by atoms with Gasteiger partial charge in [-0.05, 0) is 31.6 Å². The monoisotopic (exact) mass is 275 g/mol. The number of hydrogen-bond donors (Lipinski definition) is 0. The molecule has 0 saturated carbocycles. The fraction of sp³-hybridized carbons (Fsp3) is 0.529. The molecule has 0 aliphatic rings. The van der Waals surface area contributed by atoms with E-state index in [2.05, 4.69) is 62.7 Å². The van der Waals surface area contributed by atoms with Crippen molar-refractivity contribution in [2.45, 2.75) is 39.4 Å². The Kier molecular flexibility index (Phi) is 6.53. The maximum atomic E-state index is 3.95. The molecule has 0 amide bonds. The van der Waals surface area contributed by atoms with Crippen molar-refractivity contribution in [2.24, 2.45) is 0 Å². The third-order valence-electron chi connectivity index (χ3n) is 4.08. The smallest absolute Gasteiger partial charge is 0.0814 e. The topological polar surface area (TPSA) is 3.24 Å². The lowest BCUT2D eigenvalue weighted by Crippen LogP contribution is -2.43. The minimum absolute atomic E-state index is 1.17. The Morgan fingerprint density at radius 2 is 1.79 bits per heavy atom. The molecule has 0 radical (unpaired) electrons. The molecule has 0 N–H and O–H groups in total. The summed E-state index contributed by atoms with van der Waals surface area (Å²) in [6.07, 6.45) is 3.32. The van der Waals surface area contributed by atoms with Gasteiger partial charge in [-0.1, -0.05) is 75.1 Å². The van der Waals surface area contributed by atoms with Gasteiger partial charge in [-0.3, -0.25) is 0 Å². The first-order chi connectivity index (χ1) is 9.05. The fourth-order valence-corrected chi connectivity index (χ4v) is 5.54. The summed E-state index contributed by atoms with van der Waals surface area (Å²) in [5.74, 6) is 0. The summed E-state index contributed by atoms with van der Waals surface area (Å²) in [6.45, 7) is 17.0. The molecule has 19 heavy (non-hydrogen) atoms. The first-order valence-corrected chi connectivity index (χ1v) is 10.7. The third-order valence-corrected chi connectivity index (χ3v) is 7.60. The zero-order valence-corrected chi connectivity index (χ0v) is 14.1. The van der Waals surface area contributed by atoms with Crippen LogP contribution in [0.2, 0.25) is 19.1 Å². The highest BCUT2D eigenvalue weighted by atomic mass is 28.3. The van der Waals surface area contributed by atoms with Gasteiger partial charge in [0.05, 0.1) is 8.07 Å². The van der Waals surface area contributed by atoms with E-state index < -0.39 is 8.07 Å². The van der Waals surface area contributed by atoms with Crippen molar-refractivity contribution >= 4 is 19.3 Å². The van der Waals surface area contributed by atoms with Crippen molar-refractivity contribution in [3.63, 3.8) is 0 Å². The first-order valence-electron chi connectivity index (χ1n) is 7.49. The van der Waals surface area contributed by atoms with Gasteiger partial charge in [0, 0.05) is 0 Å². The molecular formula is C17H29NSi. The molecule has 106 valence electrons. The van der Waals surface area contributed by atoms with Crippen molar-refractivity contribution in [2.75, 3.05) is 19.6 Å². The first kappa shape index (κ1) is 16.2. The summed E-state index contributed by atoms with van der Waals surface area (Å²) in [7, 11) is -1.34. The lowest BCUT2D eigenvalue weighted by atomic mass is 10.2. The SMILES string of the molecule is C=Cc1ccccc1[Si](C)(C)CCCN(CC)CC. The Morgan fingerprint density at radius 3 is 2.37 bits per heavy atom. The van der Waals surface area contributed by atoms with Gasteiger partial charge in [-0.25, -0.2) is 0 Å². The summed E-state index contributed by atoms with van der Waals surface area (Å²) in [5, 5.41) is 1.56. The standard InChI is InChI=1S/C17H29NSi/c1-6-16-12-9-10-13-17(16)19(4,5)15-11-14-18(7-2)8-3/h6,9-10,12-13H,1,7-8,11,14-15H2,2-5H3. The van der Waals surface area contributed by atoms with Gasteiger partial charge in [-0.2, -0.15) is 0 Å². The highest BCUT2D eigenvalue weighted by molar-refractivity contribution is 6.90. The number of rotatable bonds is 8. The lowest BCUT2D eigenvalue weighted by Gasteiger charge is -2.26. The average Bonchev–Trinajstić information content (AvgIpc) is 2.43. The van der Waals surface area contributed by atoms with Gasteiger partial charge < -0.3 is 4.90 Å². The summed E-state index contributed by atoms with van der Waals surface area (Å²) < 4.78 is 0. The maximum Gasteiger partial charge on any atom is 0.0814 e. The highest BCUT2D eigenvalue weighted by Gasteiger charge is 2.24. The molecule has 0 aliphatic heterocycles. The zero-order valence-electron chi connectivity index (χ0n) is 13.1. The second-order valence-electron chi connectivity index (χ2n) is 5.81. The predicted molar refractivity (Wildman–Crippen MR) is 90.9 cm³/mol. The van der Waals surface area contributed by atoms with Crippen LogP contribution in [0.1, 0.15) is 25.8 Å². The molecular weight excluding hydrogens is 246 g/mol. The average molecular weight is 276 g/mol. The Labute approximate surface area is 120 Å². The van der Waals surface area contributed by atoms with Crippen LogP contribution in [0.4, 0.5) is 0 Å². The number of hydrogen-bond acceptors (Lipinski definition) is 1. The van der Waals surface area contributed by atoms with E-state index in [-0.39, 0.29) is 0 Å². The molecule has 0 aliphatic carbocycles. The van der Waals surface area contributed by atoms with Crippen LogP contribution in [0.5, 0.6) is 0 Å². The minimum atomic E-state index is -1.34. The van der Waals surface area contributed by atoms with E-state index in [1.165, 1.54) is 37.7 Å². The van der Waals surface area contributed by atoms with Crippen LogP contribution in [0.15, 0.2) is 30.8 Å². The molecule has 1 rings (SSSR count). The largest absolute Gasteiger partial charge is 0.304 e. The molecule has 0 atom stereocenters. The summed E-state index contributed by atoms with van der Waals surface area (Å²) >= 11 is 0. The maximum absolute atomic E-state index is 3.95. The van der Waals surface area contributed by atoms with E-state index in [1.54, 1.807) is 5.19 Å². The molecule has 0 saturated heterocycles. The van der Waals surface area contributed by atoms with Crippen LogP contribution in [0.25, 0.3) is 6.08 Å². The lowest BCUT2D eigenvalue weighted by molar-refractivity contribution is 0.304. The molecule has 2 heteroatoms. The van der Waals surface area contributed by atoms with E-state index >= 15 is 0 Å².